The standard InChI is InChI=1S/C11H14N2O6/c1-17-10(15)8(13-7-14)4-3-5-9(19-6-12)11(16)18-2/h8-9H,3-5H2,1-2H3. The van der Waals surface area contributed by atoms with E-state index in [1.54, 1.807) is 0 Å². The third-order valence-corrected chi connectivity index (χ3v) is 2.28. The summed E-state index contributed by atoms with van der Waals surface area (Å²) >= 11 is 0. The van der Waals surface area contributed by atoms with Crippen LogP contribution in [0, 0.1) is 11.5 Å². The van der Waals surface area contributed by atoms with Gasteiger partial charge >= 0.3 is 11.9 Å². The molecule has 0 heterocycles. The van der Waals surface area contributed by atoms with Crippen molar-refractivity contribution >= 4 is 18.0 Å². The molecule has 0 aliphatic carbocycles. The highest BCUT2D eigenvalue weighted by atomic mass is 16.6. The van der Waals surface area contributed by atoms with Gasteiger partial charge in [0, 0.05) is 0 Å². The zero-order valence-electron chi connectivity index (χ0n) is 10.6. The highest BCUT2D eigenvalue weighted by Gasteiger charge is 2.23. The molecule has 2 unspecified atom stereocenters. The summed E-state index contributed by atoms with van der Waals surface area (Å²) in [5, 5.41) is 8.38. The number of esters is 2. The maximum absolute atomic E-state index is 11.2. The van der Waals surface area contributed by atoms with Crippen molar-refractivity contribution < 1.29 is 28.6 Å². The van der Waals surface area contributed by atoms with Crippen LogP contribution in [0.5, 0.6) is 0 Å². The fourth-order valence-electron chi connectivity index (χ4n) is 1.35. The molecule has 0 aliphatic rings. The molecule has 0 fully saturated rings. The van der Waals surface area contributed by atoms with Crippen LogP contribution in [-0.2, 0) is 28.6 Å². The molecule has 0 amide bonds. The molecule has 0 rings (SSSR count). The van der Waals surface area contributed by atoms with Crippen LogP contribution >= 0.6 is 0 Å². The van der Waals surface area contributed by atoms with Crippen molar-refractivity contribution in [2.24, 2.45) is 4.99 Å². The van der Waals surface area contributed by atoms with Crippen LogP contribution in [-0.4, -0.2) is 44.4 Å². The number of nitriles is 1. The number of aliphatic imine (C=N–C) groups is 1. The Morgan fingerprint density at radius 3 is 2.32 bits per heavy atom. The number of hydrogen-bond donors (Lipinski definition) is 0. The molecule has 0 aliphatic heterocycles. The van der Waals surface area contributed by atoms with E-state index >= 15 is 0 Å². The van der Waals surface area contributed by atoms with Gasteiger partial charge in [-0.3, -0.25) is 0 Å². The van der Waals surface area contributed by atoms with Crippen molar-refractivity contribution in [2.75, 3.05) is 14.2 Å². The highest BCUT2D eigenvalue weighted by molar-refractivity contribution is 5.77. The number of carbonyl (C=O) groups is 2. The first-order chi connectivity index (χ1) is 9.10. The van der Waals surface area contributed by atoms with E-state index in [2.05, 4.69) is 19.2 Å². The van der Waals surface area contributed by atoms with Gasteiger partial charge in [0.2, 0.25) is 12.2 Å². The van der Waals surface area contributed by atoms with E-state index in [1.807, 2.05) is 0 Å². The fraction of sp³-hybridized carbons (Fsp3) is 0.636. The van der Waals surface area contributed by atoms with Crippen LogP contribution < -0.4 is 0 Å². The van der Waals surface area contributed by atoms with Gasteiger partial charge in [-0.05, 0) is 19.3 Å². The molecule has 0 aromatic rings. The summed E-state index contributed by atoms with van der Waals surface area (Å²) in [6.07, 6.45) is 2.28. The lowest BCUT2D eigenvalue weighted by molar-refractivity contribution is -0.150. The molecular weight excluding hydrogens is 256 g/mol. The largest absolute Gasteiger partial charge is 0.467 e. The molecule has 0 radical (unpaired) electrons. The molecular formula is C11H14N2O6. The Hall–Kier alpha value is -2.39. The summed E-state index contributed by atoms with van der Waals surface area (Å²) in [6, 6.07) is -0.970. The summed E-state index contributed by atoms with van der Waals surface area (Å²) < 4.78 is 13.4. The van der Waals surface area contributed by atoms with E-state index < -0.39 is 24.1 Å². The number of nitrogens with zero attached hydrogens (tertiary/aromatic N) is 2. The monoisotopic (exact) mass is 270 g/mol. The minimum Gasteiger partial charge on any atom is -0.467 e. The Balaban J connectivity index is 4.36. The zero-order chi connectivity index (χ0) is 14.7. The molecule has 0 aromatic carbocycles. The van der Waals surface area contributed by atoms with Gasteiger partial charge in [-0.25, -0.2) is 14.4 Å². The second kappa shape index (κ2) is 9.62. The van der Waals surface area contributed by atoms with E-state index in [0.29, 0.717) is 6.42 Å². The van der Waals surface area contributed by atoms with E-state index in [0.717, 1.165) is 0 Å². The first-order valence-corrected chi connectivity index (χ1v) is 5.38. The van der Waals surface area contributed by atoms with Gasteiger partial charge in [-0.2, -0.15) is 10.3 Å². The molecule has 104 valence electrons. The normalized spacial score (nSPS) is 12.3. The Morgan fingerprint density at radius 2 is 1.84 bits per heavy atom. The number of carbonyl (C=O) groups excluding carboxylic acids is 3. The van der Waals surface area contributed by atoms with Crippen molar-refractivity contribution in [1.82, 2.24) is 0 Å². The molecule has 0 aromatic heterocycles. The molecule has 2 atom stereocenters. The molecule has 19 heavy (non-hydrogen) atoms. The molecule has 0 saturated carbocycles. The molecule has 0 spiro atoms. The van der Waals surface area contributed by atoms with Crippen LogP contribution in [0.4, 0.5) is 0 Å². The van der Waals surface area contributed by atoms with Gasteiger partial charge in [0.15, 0.2) is 6.04 Å². The van der Waals surface area contributed by atoms with Crippen molar-refractivity contribution in [3.8, 4) is 6.26 Å². The zero-order valence-corrected chi connectivity index (χ0v) is 10.6. The molecule has 0 bridgehead atoms. The van der Waals surface area contributed by atoms with Crippen LogP contribution in [0.15, 0.2) is 4.99 Å². The predicted molar refractivity (Wildman–Crippen MR) is 60.3 cm³/mol. The van der Waals surface area contributed by atoms with Crippen LogP contribution in [0.25, 0.3) is 0 Å². The molecule has 0 N–H and O–H groups in total. The maximum atomic E-state index is 11.2. The quantitative estimate of drug-likeness (QED) is 0.265. The number of rotatable bonds is 8. The third kappa shape index (κ3) is 6.19. The Labute approximate surface area is 110 Å². The second-order valence-corrected chi connectivity index (χ2v) is 3.41. The smallest absolute Gasteiger partial charge is 0.348 e. The van der Waals surface area contributed by atoms with Gasteiger partial charge < -0.3 is 14.2 Å². The minimum atomic E-state index is -1.03. The summed E-state index contributed by atoms with van der Waals surface area (Å²) in [4.78, 5) is 35.9. The van der Waals surface area contributed by atoms with E-state index in [9.17, 15) is 14.4 Å². The topological polar surface area (TPSA) is 115 Å². The Morgan fingerprint density at radius 1 is 1.21 bits per heavy atom. The summed E-state index contributed by atoms with van der Waals surface area (Å²) in [6.45, 7) is 0. The number of ether oxygens (including phenoxy) is 3. The van der Waals surface area contributed by atoms with Crippen LogP contribution in [0.1, 0.15) is 19.3 Å². The second-order valence-electron chi connectivity index (χ2n) is 3.41. The maximum Gasteiger partial charge on any atom is 0.348 e. The SMILES string of the molecule is COC(=O)C(CCCC(OC#N)C(=O)OC)N=C=O. The molecule has 0 saturated heterocycles. The van der Waals surface area contributed by atoms with Crippen LogP contribution in [0.2, 0.25) is 0 Å². The Bertz CT molecular complexity index is 396. The van der Waals surface area contributed by atoms with Crippen LogP contribution in [0.3, 0.4) is 0 Å². The average molecular weight is 270 g/mol. The summed E-state index contributed by atoms with van der Waals surface area (Å²) in [5.41, 5.74) is 0. The first-order valence-electron chi connectivity index (χ1n) is 5.38. The highest BCUT2D eigenvalue weighted by Crippen LogP contribution is 2.11. The third-order valence-electron chi connectivity index (χ3n) is 2.28. The van der Waals surface area contributed by atoms with Crippen molar-refractivity contribution in [1.29, 1.82) is 5.26 Å². The lowest BCUT2D eigenvalue weighted by Crippen LogP contribution is -2.25. The average Bonchev–Trinajstić information content (AvgIpc) is 2.43. The van der Waals surface area contributed by atoms with Crippen molar-refractivity contribution in [2.45, 2.75) is 31.4 Å². The van der Waals surface area contributed by atoms with Gasteiger partial charge in [0.1, 0.15) is 0 Å². The first kappa shape index (κ1) is 16.6. The lowest BCUT2D eigenvalue weighted by atomic mass is 10.1. The molecule has 8 nitrogen and oxygen atoms in total. The van der Waals surface area contributed by atoms with Gasteiger partial charge in [-0.1, -0.05) is 0 Å². The number of methoxy groups -OCH3 is 2. The summed E-state index contributed by atoms with van der Waals surface area (Å²) in [7, 11) is 2.34. The van der Waals surface area contributed by atoms with Gasteiger partial charge in [0.25, 0.3) is 6.26 Å². The van der Waals surface area contributed by atoms with E-state index in [1.165, 1.54) is 26.6 Å². The minimum absolute atomic E-state index is 0.155. The van der Waals surface area contributed by atoms with E-state index in [-0.39, 0.29) is 12.8 Å². The number of isocyanates is 1. The van der Waals surface area contributed by atoms with E-state index in [4.69, 9.17) is 5.26 Å². The fourth-order valence-corrected chi connectivity index (χ4v) is 1.35. The van der Waals surface area contributed by atoms with Crippen molar-refractivity contribution in [3.63, 3.8) is 0 Å². The van der Waals surface area contributed by atoms with Gasteiger partial charge in [0.05, 0.1) is 14.2 Å². The van der Waals surface area contributed by atoms with Crippen molar-refractivity contribution in [3.05, 3.63) is 0 Å². The Kier molecular flexibility index (Phi) is 8.41. The van der Waals surface area contributed by atoms with Gasteiger partial charge in [-0.15, -0.1) is 0 Å². The lowest BCUT2D eigenvalue weighted by Gasteiger charge is -2.12. The molecule has 8 heteroatoms. The number of hydrogen-bond acceptors (Lipinski definition) is 8. The predicted octanol–water partition coefficient (Wildman–Crippen LogP) is 0.0734. The summed E-state index contributed by atoms with van der Waals surface area (Å²) in [5.74, 6) is -1.35.